The number of hydrogen-bond donors (Lipinski definition) is 1. The van der Waals surface area contributed by atoms with E-state index in [1.54, 1.807) is 0 Å². The molecule has 0 unspecified atom stereocenters. The molecule has 0 atom stereocenters. The van der Waals surface area contributed by atoms with E-state index in [1.807, 2.05) is 13.8 Å². The van der Waals surface area contributed by atoms with E-state index in [0.717, 1.165) is 0 Å². The van der Waals surface area contributed by atoms with Crippen LogP contribution in [-0.4, -0.2) is 39.0 Å². The van der Waals surface area contributed by atoms with E-state index < -0.39 is 6.43 Å². The summed E-state index contributed by atoms with van der Waals surface area (Å²) >= 11 is 0. The summed E-state index contributed by atoms with van der Waals surface area (Å²) in [6, 6.07) is 0. The van der Waals surface area contributed by atoms with Crippen LogP contribution in [0, 0.1) is 0 Å². The molecule has 0 rings (SSSR count). The molecule has 0 aliphatic heterocycles. The fourth-order valence-electron chi connectivity index (χ4n) is 1.02. The first-order chi connectivity index (χ1) is 6.70. The van der Waals surface area contributed by atoms with Gasteiger partial charge >= 0.3 is 0 Å². The molecule has 0 bridgehead atoms. The minimum Gasteiger partial charge on any atom is -0.353 e. The summed E-state index contributed by atoms with van der Waals surface area (Å²) in [7, 11) is 0. The van der Waals surface area contributed by atoms with Crippen LogP contribution in [-0.2, 0) is 9.47 Å². The lowest BCUT2D eigenvalue weighted by molar-refractivity contribution is -0.138. The lowest BCUT2D eigenvalue weighted by Gasteiger charge is -2.16. The van der Waals surface area contributed by atoms with E-state index in [4.69, 9.17) is 9.47 Å². The average Bonchev–Trinajstić information content (AvgIpc) is 2.12. The van der Waals surface area contributed by atoms with E-state index >= 15 is 0 Å². The molecule has 5 heteroatoms. The second kappa shape index (κ2) is 9.30. The van der Waals surface area contributed by atoms with Crippen molar-refractivity contribution in [1.82, 2.24) is 5.32 Å². The molecule has 0 aromatic carbocycles. The van der Waals surface area contributed by atoms with E-state index in [-0.39, 0.29) is 12.8 Å². The maximum Gasteiger partial charge on any atom is 0.250 e. The van der Waals surface area contributed by atoms with Crippen LogP contribution >= 0.6 is 0 Å². The van der Waals surface area contributed by atoms with Crippen molar-refractivity contribution >= 4 is 0 Å². The monoisotopic (exact) mass is 211 g/mol. The molecule has 0 aromatic heterocycles. The molecule has 3 nitrogen and oxygen atoms in total. The lowest BCUT2D eigenvalue weighted by atomic mass is 10.4. The second-order valence-electron chi connectivity index (χ2n) is 2.72. The smallest absolute Gasteiger partial charge is 0.250 e. The molecule has 1 N–H and O–H groups in total. The number of alkyl halides is 2. The topological polar surface area (TPSA) is 30.5 Å². The molecule has 0 amide bonds. The van der Waals surface area contributed by atoms with Gasteiger partial charge in [-0.3, -0.25) is 0 Å². The quantitative estimate of drug-likeness (QED) is 0.464. The first-order valence-corrected chi connectivity index (χ1v) is 4.92. The summed E-state index contributed by atoms with van der Waals surface area (Å²) in [6.45, 7) is 5.09. The zero-order valence-electron chi connectivity index (χ0n) is 8.76. The Balaban J connectivity index is 3.40. The van der Waals surface area contributed by atoms with E-state index in [9.17, 15) is 8.78 Å². The predicted octanol–water partition coefficient (Wildman–Crippen LogP) is 1.63. The fourth-order valence-corrected chi connectivity index (χ4v) is 1.02. The molecular weight excluding hydrogens is 192 g/mol. The number of rotatable bonds is 9. The van der Waals surface area contributed by atoms with Gasteiger partial charge in [-0.25, -0.2) is 8.78 Å². The van der Waals surface area contributed by atoms with Gasteiger partial charge < -0.3 is 14.8 Å². The minimum atomic E-state index is -2.30. The number of ether oxygens (including phenoxy) is 2. The van der Waals surface area contributed by atoms with Gasteiger partial charge in [0.15, 0.2) is 6.29 Å². The summed E-state index contributed by atoms with van der Waals surface area (Å²) < 4.78 is 33.9. The molecule has 0 aliphatic carbocycles. The van der Waals surface area contributed by atoms with Gasteiger partial charge in [-0.15, -0.1) is 0 Å². The van der Waals surface area contributed by atoms with Gasteiger partial charge in [-0.2, -0.15) is 0 Å². The Morgan fingerprint density at radius 3 is 2.14 bits per heavy atom. The molecule has 0 heterocycles. The summed E-state index contributed by atoms with van der Waals surface area (Å²) in [5, 5.41) is 2.62. The summed E-state index contributed by atoms with van der Waals surface area (Å²) in [5.41, 5.74) is 0. The van der Waals surface area contributed by atoms with Crippen molar-refractivity contribution in [2.45, 2.75) is 33.0 Å². The van der Waals surface area contributed by atoms with Crippen LogP contribution in [0.4, 0.5) is 8.78 Å². The van der Waals surface area contributed by atoms with Crippen molar-refractivity contribution < 1.29 is 18.3 Å². The lowest BCUT2D eigenvalue weighted by Crippen LogP contribution is -2.27. The number of hydrogen-bond acceptors (Lipinski definition) is 3. The largest absolute Gasteiger partial charge is 0.353 e. The molecule has 0 spiro atoms. The Labute approximate surface area is 83.8 Å². The summed E-state index contributed by atoms with van der Waals surface area (Å²) in [4.78, 5) is 0. The molecule has 0 fully saturated rings. The Kier molecular flexibility index (Phi) is 9.13. The van der Waals surface area contributed by atoms with Crippen LogP contribution in [0.5, 0.6) is 0 Å². The molecule has 0 radical (unpaired) electrons. The van der Waals surface area contributed by atoms with Crippen molar-refractivity contribution in [3.63, 3.8) is 0 Å². The maximum absolute atomic E-state index is 11.7. The van der Waals surface area contributed by atoms with Gasteiger partial charge in [0, 0.05) is 26.2 Å². The molecular formula is C9H19F2NO2. The first kappa shape index (κ1) is 13.7. The van der Waals surface area contributed by atoms with Gasteiger partial charge in [0.2, 0.25) is 0 Å². The Hall–Kier alpha value is -0.260. The molecule has 0 aliphatic rings. The number of halogens is 2. The van der Waals surface area contributed by atoms with Crippen LogP contribution < -0.4 is 5.32 Å². The Bertz CT molecular complexity index is 119. The third kappa shape index (κ3) is 8.34. The van der Waals surface area contributed by atoms with E-state index in [0.29, 0.717) is 26.2 Å². The molecule has 0 aromatic rings. The highest BCUT2D eigenvalue weighted by molar-refractivity contribution is 4.52. The van der Waals surface area contributed by atoms with Crippen LogP contribution in [0.1, 0.15) is 20.3 Å². The highest BCUT2D eigenvalue weighted by atomic mass is 19.3. The highest BCUT2D eigenvalue weighted by Gasteiger charge is 2.07. The summed E-state index contributed by atoms with van der Waals surface area (Å²) in [6.07, 6.45) is -1.99. The van der Waals surface area contributed by atoms with Crippen LogP contribution in [0.25, 0.3) is 0 Å². The first-order valence-electron chi connectivity index (χ1n) is 4.92. The van der Waals surface area contributed by atoms with Crippen LogP contribution in [0.3, 0.4) is 0 Å². The average molecular weight is 211 g/mol. The fraction of sp³-hybridized carbons (Fsp3) is 1.00. The van der Waals surface area contributed by atoms with Crippen LogP contribution in [0.2, 0.25) is 0 Å². The van der Waals surface area contributed by atoms with E-state index in [2.05, 4.69) is 5.32 Å². The third-order valence-electron chi connectivity index (χ3n) is 1.56. The van der Waals surface area contributed by atoms with Crippen molar-refractivity contribution in [2.24, 2.45) is 0 Å². The zero-order valence-corrected chi connectivity index (χ0v) is 8.76. The second-order valence-corrected chi connectivity index (χ2v) is 2.72. The molecule has 0 saturated carbocycles. The number of nitrogens with one attached hydrogen (secondary N) is 1. The zero-order chi connectivity index (χ0) is 10.8. The van der Waals surface area contributed by atoms with Gasteiger partial charge in [0.1, 0.15) is 0 Å². The normalized spacial score (nSPS) is 11.6. The SMILES string of the molecule is CCOC(CCNCC(F)F)OCC. The van der Waals surface area contributed by atoms with Crippen molar-refractivity contribution in [2.75, 3.05) is 26.3 Å². The Morgan fingerprint density at radius 2 is 1.71 bits per heavy atom. The molecule has 0 saturated heterocycles. The Morgan fingerprint density at radius 1 is 1.14 bits per heavy atom. The maximum atomic E-state index is 11.7. The molecule has 86 valence electrons. The molecule has 14 heavy (non-hydrogen) atoms. The van der Waals surface area contributed by atoms with E-state index in [1.165, 1.54) is 0 Å². The van der Waals surface area contributed by atoms with Crippen LogP contribution in [0.15, 0.2) is 0 Å². The van der Waals surface area contributed by atoms with Crippen molar-refractivity contribution in [1.29, 1.82) is 0 Å². The van der Waals surface area contributed by atoms with Crippen molar-refractivity contribution in [3.8, 4) is 0 Å². The van der Waals surface area contributed by atoms with Gasteiger partial charge in [0.05, 0.1) is 6.54 Å². The minimum absolute atomic E-state index is 0.273. The summed E-state index contributed by atoms with van der Waals surface area (Å²) in [5.74, 6) is 0. The van der Waals surface area contributed by atoms with Gasteiger partial charge in [-0.1, -0.05) is 0 Å². The van der Waals surface area contributed by atoms with Gasteiger partial charge in [0.25, 0.3) is 6.43 Å². The van der Waals surface area contributed by atoms with Crippen molar-refractivity contribution in [3.05, 3.63) is 0 Å². The standard InChI is InChI=1S/C9H19F2NO2/c1-3-13-9(14-4-2)5-6-12-7-8(10)11/h8-9,12H,3-7H2,1-2H3. The predicted molar refractivity (Wildman–Crippen MR) is 50.5 cm³/mol. The van der Waals surface area contributed by atoms with Gasteiger partial charge in [-0.05, 0) is 13.8 Å². The third-order valence-corrected chi connectivity index (χ3v) is 1.56. The highest BCUT2D eigenvalue weighted by Crippen LogP contribution is 2.00.